The van der Waals surface area contributed by atoms with Gasteiger partial charge in [0.1, 0.15) is 5.75 Å². The molecule has 0 fully saturated rings. The van der Waals surface area contributed by atoms with Crippen molar-refractivity contribution in [2.24, 2.45) is 0 Å². The van der Waals surface area contributed by atoms with Crippen molar-refractivity contribution >= 4 is 43.1 Å². The number of methoxy groups -OCH3 is 1. The van der Waals surface area contributed by atoms with Gasteiger partial charge in [0.15, 0.2) is 5.43 Å². The van der Waals surface area contributed by atoms with Gasteiger partial charge in [0.05, 0.1) is 12.5 Å². The van der Waals surface area contributed by atoms with Crippen LogP contribution in [0.1, 0.15) is 0 Å². The van der Waals surface area contributed by atoms with E-state index in [-0.39, 0.29) is 5.43 Å². The molecule has 0 bridgehead atoms. The quantitative estimate of drug-likeness (QED) is 0.626. The van der Waals surface area contributed by atoms with Crippen molar-refractivity contribution < 1.29 is 4.74 Å². The number of hydrogen-bond donors (Lipinski definition) is 0. The molecule has 0 atom stereocenters. The molecule has 0 aliphatic carbocycles. The highest BCUT2D eigenvalue weighted by molar-refractivity contribution is 7.24. The Morgan fingerprint density at radius 3 is 2.78 bits per heavy atom. The average Bonchev–Trinajstić information content (AvgIpc) is 2.39. The molecule has 0 saturated carbocycles. The van der Waals surface area contributed by atoms with E-state index in [1.165, 1.54) is 0 Å². The molecule has 90 valence electrons. The largest absolute Gasteiger partial charge is 0.496 e. The van der Waals surface area contributed by atoms with Gasteiger partial charge in [-0.3, -0.25) is 4.79 Å². The van der Waals surface area contributed by atoms with Crippen LogP contribution in [0.15, 0.2) is 41.2 Å². The lowest BCUT2D eigenvalue weighted by atomic mass is 10.1. The van der Waals surface area contributed by atoms with Crippen LogP contribution in [0.3, 0.4) is 0 Å². The summed E-state index contributed by atoms with van der Waals surface area (Å²) in [4.78, 5) is 12.5. The van der Waals surface area contributed by atoms with Gasteiger partial charge in [-0.05, 0) is 30.3 Å². The molecule has 0 N–H and O–H groups in total. The summed E-state index contributed by atoms with van der Waals surface area (Å²) in [6.45, 7) is 0. The number of hydrogen-bond acceptors (Lipinski definition) is 3. The Balaban J connectivity index is 2.58. The highest BCUT2D eigenvalue weighted by Gasteiger charge is 2.10. The molecule has 0 saturated heterocycles. The average molecular weight is 277 g/mol. The Morgan fingerprint density at radius 1 is 1.17 bits per heavy atom. The molecule has 1 aromatic heterocycles. The van der Waals surface area contributed by atoms with Gasteiger partial charge in [0.2, 0.25) is 0 Å². The van der Waals surface area contributed by atoms with E-state index < -0.39 is 0 Å². The maximum Gasteiger partial charge on any atom is 0.199 e. The first-order valence-electron chi connectivity index (χ1n) is 5.40. The molecule has 0 spiro atoms. The second-order valence-electron chi connectivity index (χ2n) is 3.91. The van der Waals surface area contributed by atoms with Crippen LogP contribution in [0.2, 0.25) is 5.02 Å². The fourth-order valence-electron chi connectivity index (χ4n) is 2.01. The summed E-state index contributed by atoms with van der Waals surface area (Å²) in [6, 6.07) is 11.0. The van der Waals surface area contributed by atoms with E-state index in [4.69, 9.17) is 16.3 Å². The zero-order valence-electron chi connectivity index (χ0n) is 9.57. The summed E-state index contributed by atoms with van der Waals surface area (Å²) in [5, 5.41) is 1.84. The highest BCUT2D eigenvalue weighted by atomic mass is 35.5. The minimum atomic E-state index is -0.0290. The van der Waals surface area contributed by atoms with Crippen molar-refractivity contribution in [3.8, 4) is 5.75 Å². The molecule has 3 aromatic rings. The standard InChI is InChI=1S/C14H9ClO2S/c1-17-10-3-2-4-12-13(10)14(16)9-7-8(15)5-6-11(9)18-12/h2-7H,1H3. The van der Waals surface area contributed by atoms with E-state index in [0.29, 0.717) is 21.5 Å². The van der Waals surface area contributed by atoms with Gasteiger partial charge in [-0.15, -0.1) is 11.3 Å². The van der Waals surface area contributed by atoms with Crippen molar-refractivity contribution in [3.63, 3.8) is 0 Å². The maximum atomic E-state index is 12.5. The van der Waals surface area contributed by atoms with Crippen LogP contribution in [-0.4, -0.2) is 7.11 Å². The maximum absolute atomic E-state index is 12.5. The first-order chi connectivity index (χ1) is 8.70. The molecule has 3 rings (SSSR count). The van der Waals surface area contributed by atoms with Crippen LogP contribution in [0, 0.1) is 0 Å². The molecular formula is C14H9ClO2S. The zero-order chi connectivity index (χ0) is 12.7. The van der Waals surface area contributed by atoms with Gasteiger partial charge < -0.3 is 4.74 Å². The Bertz CT molecular complexity index is 808. The third-order valence-electron chi connectivity index (χ3n) is 2.84. The van der Waals surface area contributed by atoms with Crippen molar-refractivity contribution in [1.82, 2.24) is 0 Å². The summed E-state index contributed by atoms with van der Waals surface area (Å²) in [5.41, 5.74) is -0.0290. The summed E-state index contributed by atoms with van der Waals surface area (Å²) in [7, 11) is 1.57. The van der Waals surface area contributed by atoms with E-state index in [1.54, 1.807) is 36.6 Å². The Hall–Kier alpha value is -1.58. The lowest BCUT2D eigenvalue weighted by Crippen LogP contribution is -2.02. The Morgan fingerprint density at radius 2 is 2.00 bits per heavy atom. The van der Waals surface area contributed by atoms with Gasteiger partial charge in [0, 0.05) is 19.8 Å². The lowest BCUT2D eigenvalue weighted by Gasteiger charge is -2.05. The fourth-order valence-corrected chi connectivity index (χ4v) is 3.26. The number of halogens is 1. The second-order valence-corrected chi connectivity index (χ2v) is 5.43. The Labute approximate surface area is 112 Å². The monoisotopic (exact) mass is 276 g/mol. The molecule has 0 amide bonds. The second kappa shape index (κ2) is 4.26. The van der Waals surface area contributed by atoms with E-state index in [9.17, 15) is 4.79 Å². The van der Waals surface area contributed by atoms with E-state index >= 15 is 0 Å². The molecule has 0 unspecified atom stereocenters. The Kier molecular flexibility index (Phi) is 2.73. The summed E-state index contributed by atoms with van der Waals surface area (Å²) in [5.74, 6) is 0.607. The van der Waals surface area contributed by atoms with Crippen molar-refractivity contribution in [2.75, 3.05) is 7.11 Å². The van der Waals surface area contributed by atoms with Crippen molar-refractivity contribution in [1.29, 1.82) is 0 Å². The molecule has 4 heteroatoms. The van der Waals surface area contributed by atoms with Crippen LogP contribution in [0.25, 0.3) is 20.2 Å². The third-order valence-corrected chi connectivity index (χ3v) is 4.21. The summed E-state index contributed by atoms with van der Waals surface area (Å²) >= 11 is 7.51. The fraction of sp³-hybridized carbons (Fsp3) is 0.0714. The van der Waals surface area contributed by atoms with Gasteiger partial charge in [-0.1, -0.05) is 17.7 Å². The van der Waals surface area contributed by atoms with Crippen LogP contribution in [0.5, 0.6) is 5.75 Å². The zero-order valence-corrected chi connectivity index (χ0v) is 11.1. The first kappa shape index (κ1) is 11.5. The molecular weight excluding hydrogens is 268 g/mol. The molecule has 2 aromatic carbocycles. The number of fused-ring (bicyclic) bond motifs is 2. The highest BCUT2D eigenvalue weighted by Crippen LogP contribution is 2.30. The predicted molar refractivity (Wildman–Crippen MR) is 77.2 cm³/mol. The number of rotatable bonds is 1. The molecule has 0 aliphatic rings. The first-order valence-corrected chi connectivity index (χ1v) is 6.59. The number of benzene rings is 2. The molecule has 0 radical (unpaired) electrons. The van der Waals surface area contributed by atoms with Crippen LogP contribution in [-0.2, 0) is 0 Å². The van der Waals surface area contributed by atoms with Gasteiger partial charge in [-0.25, -0.2) is 0 Å². The summed E-state index contributed by atoms with van der Waals surface area (Å²) in [6.07, 6.45) is 0. The van der Waals surface area contributed by atoms with Crippen LogP contribution >= 0.6 is 22.9 Å². The molecule has 1 heterocycles. The van der Waals surface area contributed by atoms with Crippen molar-refractivity contribution in [2.45, 2.75) is 0 Å². The third kappa shape index (κ3) is 1.67. The van der Waals surface area contributed by atoms with E-state index in [0.717, 1.165) is 9.40 Å². The predicted octanol–water partition coefficient (Wildman–Crippen LogP) is 4.08. The van der Waals surface area contributed by atoms with Crippen LogP contribution in [0.4, 0.5) is 0 Å². The normalized spacial score (nSPS) is 11.0. The van der Waals surface area contributed by atoms with Gasteiger partial charge in [0.25, 0.3) is 0 Å². The van der Waals surface area contributed by atoms with Crippen LogP contribution < -0.4 is 10.2 Å². The lowest BCUT2D eigenvalue weighted by molar-refractivity contribution is 0.419. The topological polar surface area (TPSA) is 26.3 Å². The minimum Gasteiger partial charge on any atom is -0.496 e. The van der Waals surface area contributed by atoms with E-state index in [2.05, 4.69) is 0 Å². The van der Waals surface area contributed by atoms with Gasteiger partial charge >= 0.3 is 0 Å². The number of ether oxygens (including phenoxy) is 1. The molecule has 2 nitrogen and oxygen atoms in total. The molecule has 18 heavy (non-hydrogen) atoms. The van der Waals surface area contributed by atoms with Gasteiger partial charge in [-0.2, -0.15) is 0 Å². The summed E-state index contributed by atoms with van der Waals surface area (Å²) < 4.78 is 7.12. The minimum absolute atomic E-state index is 0.0290. The smallest absolute Gasteiger partial charge is 0.199 e. The molecule has 0 aliphatic heterocycles. The van der Waals surface area contributed by atoms with Crippen molar-refractivity contribution in [3.05, 3.63) is 51.6 Å². The SMILES string of the molecule is COc1cccc2sc3ccc(Cl)cc3c(=O)c12. The van der Waals surface area contributed by atoms with E-state index in [1.807, 2.05) is 18.2 Å².